The zero-order valence-corrected chi connectivity index (χ0v) is 6.91. The first-order chi connectivity index (χ1) is 6.89. The van der Waals surface area contributed by atoms with Gasteiger partial charge in [-0.15, -0.1) is 0 Å². The normalized spacial score (nSPS) is 14.4. The van der Waals surface area contributed by atoms with E-state index in [1.54, 1.807) is 0 Å². The van der Waals surface area contributed by atoms with Crippen molar-refractivity contribution in [2.75, 3.05) is 0 Å². The Bertz CT molecular complexity index is 348. The van der Waals surface area contributed by atoms with Gasteiger partial charge in [-0.3, -0.25) is 4.79 Å². The molecule has 0 amide bonds. The third-order valence-electron chi connectivity index (χ3n) is 1.17. The van der Waals surface area contributed by atoms with Crippen molar-refractivity contribution in [1.82, 2.24) is 0 Å². The lowest BCUT2D eigenvalue weighted by molar-refractivity contribution is -0.169. The van der Waals surface area contributed by atoms with Crippen LogP contribution in [-0.4, -0.2) is 29.2 Å². The summed E-state index contributed by atoms with van der Waals surface area (Å²) in [6.07, 6.45) is -11.8. The van der Waals surface area contributed by atoms with Crippen LogP contribution >= 0.6 is 0 Å². The molecule has 10 heteroatoms. The van der Waals surface area contributed by atoms with Gasteiger partial charge in [0.1, 0.15) is 0 Å². The summed E-state index contributed by atoms with van der Waals surface area (Å²) in [5.74, 6) is -9.91. The van der Waals surface area contributed by atoms with Gasteiger partial charge in [-0.25, -0.2) is 9.18 Å². The van der Waals surface area contributed by atoms with Crippen molar-refractivity contribution >= 4 is 11.8 Å². The molecular formula is C6HF7O3. The Morgan fingerprint density at radius 2 is 1.25 bits per heavy atom. The molecule has 0 bridgehead atoms. The zero-order chi connectivity index (χ0) is 13.3. The zero-order valence-electron chi connectivity index (χ0n) is 6.91. The highest BCUT2D eigenvalue weighted by molar-refractivity contribution is 6.04. The van der Waals surface area contributed by atoms with Crippen LogP contribution < -0.4 is 0 Å². The van der Waals surface area contributed by atoms with E-state index in [0.29, 0.717) is 0 Å². The van der Waals surface area contributed by atoms with Gasteiger partial charge in [0.05, 0.1) is 0 Å². The Balaban J connectivity index is 5.67. The third kappa shape index (κ3) is 3.21. The lowest BCUT2D eigenvalue weighted by atomic mass is 10.1. The number of hydrogen-bond acceptors (Lipinski definition) is 2. The lowest BCUT2D eigenvalue weighted by Gasteiger charge is -2.09. The summed E-state index contributed by atoms with van der Waals surface area (Å²) in [6, 6.07) is 0. The molecular weight excluding hydrogens is 253 g/mol. The molecule has 0 fully saturated rings. The van der Waals surface area contributed by atoms with Gasteiger partial charge >= 0.3 is 18.3 Å². The summed E-state index contributed by atoms with van der Waals surface area (Å²) in [5.41, 5.74) is -3.19. The minimum Gasteiger partial charge on any atom is -0.478 e. The van der Waals surface area contributed by atoms with Crippen LogP contribution in [0.25, 0.3) is 0 Å². The van der Waals surface area contributed by atoms with Crippen LogP contribution in [0.3, 0.4) is 0 Å². The highest BCUT2D eigenvalue weighted by atomic mass is 19.4. The summed E-state index contributed by atoms with van der Waals surface area (Å²) < 4.78 is 82.3. The molecule has 0 aliphatic rings. The third-order valence-corrected chi connectivity index (χ3v) is 1.17. The first-order valence-electron chi connectivity index (χ1n) is 3.20. The second kappa shape index (κ2) is 4.10. The molecule has 1 N–H and O–H groups in total. The van der Waals surface area contributed by atoms with Gasteiger partial charge in [-0.1, -0.05) is 0 Å². The number of Topliss-reactive ketones (excluding diaryl/α,β-unsaturated/α-hetero) is 1. The van der Waals surface area contributed by atoms with Crippen LogP contribution in [0.4, 0.5) is 30.7 Å². The highest BCUT2D eigenvalue weighted by Gasteiger charge is 2.50. The SMILES string of the molecule is O=C(O)C(=C(F)C(=O)C(F)(F)F)C(F)(F)F. The van der Waals surface area contributed by atoms with Gasteiger partial charge < -0.3 is 5.11 Å². The molecule has 3 nitrogen and oxygen atoms in total. The Morgan fingerprint density at radius 3 is 1.44 bits per heavy atom. The van der Waals surface area contributed by atoms with E-state index in [-0.39, 0.29) is 0 Å². The Hall–Kier alpha value is -1.61. The van der Waals surface area contributed by atoms with Gasteiger partial charge in [0.15, 0.2) is 11.4 Å². The molecule has 0 heterocycles. The van der Waals surface area contributed by atoms with Gasteiger partial charge in [-0.2, -0.15) is 26.3 Å². The number of carbonyl (C=O) groups excluding carboxylic acids is 1. The summed E-state index contributed by atoms with van der Waals surface area (Å²) in [7, 11) is 0. The number of ketones is 1. The van der Waals surface area contributed by atoms with Gasteiger partial charge in [0.25, 0.3) is 5.78 Å². The quantitative estimate of drug-likeness (QED) is 0.605. The minimum atomic E-state index is -5.92. The van der Waals surface area contributed by atoms with Crippen LogP contribution in [-0.2, 0) is 9.59 Å². The van der Waals surface area contributed by atoms with E-state index in [1.165, 1.54) is 0 Å². The van der Waals surface area contributed by atoms with Crippen molar-refractivity contribution in [2.45, 2.75) is 12.4 Å². The summed E-state index contributed by atoms with van der Waals surface area (Å²) >= 11 is 0. The van der Waals surface area contributed by atoms with Crippen LogP contribution in [0, 0.1) is 0 Å². The predicted molar refractivity (Wildman–Crippen MR) is 32.9 cm³/mol. The van der Waals surface area contributed by atoms with Crippen molar-refractivity contribution in [3.63, 3.8) is 0 Å². The molecule has 0 saturated heterocycles. The number of carboxylic acids is 1. The average molecular weight is 254 g/mol. The maximum Gasteiger partial charge on any atom is 0.457 e. The number of hydrogen-bond donors (Lipinski definition) is 1. The van der Waals surface area contributed by atoms with E-state index in [4.69, 9.17) is 5.11 Å². The van der Waals surface area contributed by atoms with E-state index in [1.807, 2.05) is 0 Å². The molecule has 0 atom stereocenters. The highest BCUT2D eigenvalue weighted by Crippen LogP contribution is 2.32. The summed E-state index contributed by atoms with van der Waals surface area (Å²) in [5, 5.41) is 7.86. The fraction of sp³-hybridized carbons (Fsp3) is 0.333. The van der Waals surface area contributed by atoms with Crippen molar-refractivity contribution < 1.29 is 45.4 Å². The van der Waals surface area contributed by atoms with E-state index in [9.17, 15) is 40.3 Å². The Labute approximate surface area is 82.2 Å². The number of carbonyl (C=O) groups is 2. The molecule has 0 aliphatic heterocycles. The number of aliphatic carboxylic acids is 1. The molecule has 0 aromatic heterocycles. The maximum atomic E-state index is 12.4. The Morgan fingerprint density at radius 1 is 0.875 bits per heavy atom. The van der Waals surface area contributed by atoms with Crippen molar-refractivity contribution in [3.8, 4) is 0 Å². The van der Waals surface area contributed by atoms with Crippen molar-refractivity contribution in [3.05, 3.63) is 11.4 Å². The van der Waals surface area contributed by atoms with Crippen LogP contribution in [0.1, 0.15) is 0 Å². The minimum absolute atomic E-state index is 3.01. The largest absolute Gasteiger partial charge is 0.478 e. The lowest BCUT2D eigenvalue weighted by Crippen LogP contribution is -2.29. The fourth-order valence-corrected chi connectivity index (χ4v) is 0.578. The standard InChI is InChI=1S/C6HF7O3/c7-2(3(14)6(11,12)13)1(4(15)16)5(8,9)10/h(H,15,16). The molecule has 0 aliphatic carbocycles. The predicted octanol–water partition coefficient (Wildman–Crippen LogP) is 1.99. The topological polar surface area (TPSA) is 54.4 Å². The number of alkyl halides is 6. The van der Waals surface area contributed by atoms with Crippen LogP contribution in [0.15, 0.2) is 11.4 Å². The van der Waals surface area contributed by atoms with Crippen molar-refractivity contribution in [2.24, 2.45) is 0 Å². The smallest absolute Gasteiger partial charge is 0.457 e. The van der Waals surface area contributed by atoms with E-state index in [0.717, 1.165) is 0 Å². The van der Waals surface area contributed by atoms with E-state index >= 15 is 0 Å². The molecule has 0 aromatic rings. The molecule has 92 valence electrons. The first kappa shape index (κ1) is 14.4. The second-order valence-corrected chi connectivity index (χ2v) is 2.32. The molecule has 16 heavy (non-hydrogen) atoms. The first-order valence-corrected chi connectivity index (χ1v) is 3.20. The second-order valence-electron chi connectivity index (χ2n) is 2.32. The van der Waals surface area contributed by atoms with Gasteiger partial charge in [-0.05, 0) is 0 Å². The van der Waals surface area contributed by atoms with Gasteiger partial charge in [0.2, 0.25) is 0 Å². The molecule has 0 aromatic carbocycles. The molecule has 0 unspecified atom stereocenters. The van der Waals surface area contributed by atoms with Gasteiger partial charge in [0, 0.05) is 0 Å². The number of carboxylic acid groups (broad SMARTS) is 1. The van der Waals surface area contributed by atoms with Crippen molar-refractivity contribution in [1.29, 1.82) is 0 Å². The average Bonchev–Trinajstić information content (AvgIpc) is 1.97. The molecule has 0 saturated carbocycles. The van der Waals surface area contributed by atoms with Crippen LogP contribution in [0.5, 0.6) is 0 Å². The number of allylic oxidation sites excluding steroid dienone is 1. The van der Waals surface area contributed by atoms with E-state index < -0.39 is 35.5 Å². The summed E-state index contributed by atoms with van der Waals surface area (Å²) in [4.78, 5) is 19.9. The van der Waals surface area contributed by atoms with E-state index in [2.05, 4.69) is 0 Å². The fourth-order valence-electron chi connectivity index (χ4n) is 0.578. The maximum absolute atomic E-state index is 12.4. The monoisotopic (exact) mass is 254 g/mol. The number of rotatable bonds is 2. The molecule has 0 radical (unpaired) electrons. The number of halogens is 7. The summed E-state index contributed by atoms with van der Waals surface area (Å²) in [6.45, 7) is 0. The Kier molecular flexibility index (Phi) is 3.69. The molecule has 0 spiro atoms. The van der Waals surface area contributed by atoms with Crippen LogP contribution in [0.2, 0.25) is 0 Å². The molecule has 0 rings (SSSR count).